The molecule has 0 bridgehead atoms. The minimum Gasteiger partial charge on any atom is 0 e. The molecule has 10 heteroatoms. The quantitative estimate of drug-likeness (QED) is 0.312. The van der Waals surface area contributed by atoms with Crippen molar-refractivity contribution in [2.24, 2.45) is 0 Å². The van der Waals surface area contributed by atoms with Crippen LogP contribution in [0.5, 0.6) is 0 Å². The molecular weight excluding hydrogens is 445 g/mol. The molecule has 2 radical (unpaired) electrons. The second-order valence-electron chi connectivity index (χ2n) is 0. The Labute approximate surface area is 129 Å². The molecule has 0 saturated carbocycles. The fourth-order valence-corrected chi connectivity index (χ4v) is 0. The van der Waals surface area contributed by atoms with Crippen molar-refractivity contribution in [1.29, 1.82) is 0 Å². The Kier molecular flexibility index (Phi) is 3250. The standard InChI is InChI=1S/6H2O.Sn.Ti.2Zr.2H/h6*1H2;;;;;;. The maximum Gasteiger partial charge on any atom is 0 e. The average Bonchev–Trinajstić information content (AvgIpc) is 0. The van der Waals surface area contributed by atoms with Crippen LogP contribution in [0.3, 0.4) is 0 Å². The predicted octanol–water partition coefficient (Wildman–Crippen LogP) is -5.87. The number of hydrogen-bond donors (Lipinski definition) is 0. The number of rotatable bonds is 0. The van der Waals surface area contributed by atoms with Crippen LogP contribution in [0.25, 0.3) is 0 Å². The third kappa shape index (κ3) is 120. The van der Waals surface area contributed by atoms with Gasteiger partial charge in [-0.3, -0.25) is 0 Å². The molecule has 0 aromatic heterocycles. The summed E-state index contributed by atoms with van der Waals surface area (Å²) in [7, 11) is 0. The summed E-state index contributed by atoms with van der Waals surface area (Å²) in [5, 5.41) is 0. The zero-order valence-electron chi connectivity index (χ0n) is 5.21. The minimum atomic E-state index is 0. The summed E-state index contributed by atoms with van der Waals surface area (Å²) >= 11 is 0. The molecule has 0 amide bonds. The van der Waals surface area contributed by atoms with Gasteiger partial charge in [-0.2, -0.15) is 0 Å². The molecule has 0 atom stereocenters. The van der Waals surface area contributed by atoms with Gasteiger partial charge in [-0.1, -0.05) is 0 Å². The Balaban J connectivity index is 0. The van der Waals surface area contributed by atoms with Crippen LogP contribution in [0.15, 0.2) is 0 Å². The van der Waals surface area contributed by atoms with Crippen LogP contribution in [-0.2, 0) is 74.1 Å². The van der Waals surface area contributed by atoms with Gasteiger partial charge in [0.2, 0.25) is 0 Å². The van der Waals surface area contributed by atoms with Crippen molar-refractivity contribution >= 4 is 23.9 Å². The van der Waals surface area contributed by atoms with E-state index in [-0.39, 0.29) is 131 Å². The molecular formula is H14O6SnTiZr2. The van der Waals surface area contributed by atoms with Gasteiger partial charge in [-0.15, -0.1) is 0 Å². The van der Waals surface area contributed by atoms with Crippen LogP contribution in [0.4, 0.5) is 0 Å². The zero-order valence-corrected chi connectivity index (χ0v) is 15.7. The largest absolute Gasteiger partial charge is 0 e. The molecule has 0 unspecified atom stereocenters. The molecule has 0 rings (SSSR count). The predicted molar refractivity (Wildman–Crippen MR) is 30.2 cm³/mol. The Morgan fingerprint density at radius 3 is 0.400 bits per heavy atom. The van der Waals surface area contributed by atoms with E-state index in [0.29, 0.717) is 0 Å². The van der Waals surface area contributed by atoms with Crippen molar-refractivity contribution in [2.75, 3.05) is 0 Å². The average molecular weight is 459 g/mol. The Morgan fingerprint density at radius 1 is 0.400 bits per heavy atom. The SMILES string of the molecule is O.O.O.O.O.O.[SnH2].[Ti].[Zr].[Zr]. The maximum atomic E-state index is 0. The molecule has 0 fully saturated rings. The molecule has 0 aliphatic heterocycles. The maximum absolute atomic E-state index is 0. The summed E-state index contributed by atoms with van der Waals surface area (Å²) in [6.07, 6.45) is 0. The summed E-state index contributed by atoms with van der Waals surface area (Å²) in [4.78, 5) is 0. The van der Waals surface area contributed by atoms with Crippen LogP contribution in [0.1, 0.15) is 0 Å². The van der Waals surface area contributed by atoms with E-state index in [1.165, 1.54) is 0 Å². The van der Waals surface area contributed by atoms with Crippen molar-refractivity contribution in [3.63, 3.8) is 0 Å². The van der Waals surface area contributed by atoms with E-state index < -0.39 is 0 Å². The first kappa shape index (κ1) is 205. The van der Waals surface area contributed by atoms with Crippen LogP contribution < -0.4 is 0 Å². The Hall–Kier alpha value is 3.04. The second-order valence-corrected chi connectivity index (χ2v) is 0. The van der Waals surface area contributed by atoms with Gasteiger partial charge in [-0.25, -0.2) is 0 Å². The van der Waals surface area contributed by atoms with E-state index in [1.54, 1.807) is 0 Å². The fraction of sp³-hybridized carbons (Fsp3) is 0. The summed E-state index contributed by atoms with van der Waals surface area (Å²) in [5.41, 5.74) is 0. The molecule has 0 aliphatic rings. The van der Waals surface area contributed by atoms with Gasteiger partial charge < -0.3 is 32.9 Å². The fourth-order valence-electron chi connectivity index (χ4n) is 0. The van der Waals surface area contributed by atoms with Crippen molar-refractivity contribution in [3.8, 4) is 0 Å². The third-order valence-electron chi connectivity index (χ3n) is 0. The Bertz CT molecular complexity index is 15.7. The third-order valence-corrected chi connectivity index (χ3v) is 0. The molecule has 0 heterocycles. The summed E-state index contributed by atoms with van der Waals surface area (Å²) in [5.74, 6) is 0. The van der Waals surface area contributed by atoms with Crippen LogP contribution in [-0.4, -0.2) is 56.8 Å². The monoisotopic (exact) mass is 458 g/mol. The molecule has 6 nitrogen and oxygen atoms in total. The van der Waals surface area contributed by atoms with Gasteiger partial charge in [0.05, 0.1) is 0 Å². The topological polar surface area (TPSA) is 189 Å². The minimum absolute atomic E-state index is 0. The smallest absolute Gasteiger partial charge is 0 e. The first-order chi connectivity index (χ1) is 0. The van der Waals surface area contributed by atoms with Crippen molar-refractivity contribution < 1.29 is 107 Å². The molecule has 0 aromatic carbocycles. The van der Waals surface area contributed by atoms with E-state index in [9.17, 15) is 0 Å². The zero-order chi connectivity index (χ0) is 0. The van der Waals surface area contributed by atoms with E-state index in [2.05, 4.69) is 0 Å². The van der Waals surface area contributed by atoms with Crippen molar-refractivity contribution in [2.45, 2.75) is 0 Å². The van der Waals surface area contributed by atoms with Gasteiger partial charge in [0.15, 0.2) is 0 Å². The van der Waals surface area contributed by atoms with Crippen molar-refractivity contribution in [1.82, 2.24) is 0 Å². The molecule has 0 aliphatic carbocycles. The van der Waals surface area contributed by atoms with E-state index in [0.717, 1.165) is 0 Å². The van der Waals surface area contributed by atoms with E-state index in [1.807, 2.05) is 0 Å². The normalized spacial score (nSPS) is 0. The second kappa shape index (κ2) is 159. The molecule has 10 heavy (non-hydrogen) atoms. The van der Waals surface area contributed by atoms with Gasteiger partial charge in [-0.05, 0) is 0 Å². The first-order valence-electron chi connectivity index (χ1n) is 0. The summed E-state index contributed by atoms with van der Waals surface area (Å²) < 4.78 is 0. The van der Waals surface area contributed by atoms with Gasteiger partial charge in [0, 0.05) is 74.1 Å². The summed E-state index contributed by atoms with van der Waals surface area (Å²) in [6.45, 7) is 0. The summed E-state index contributed by atoms with van der Waals surface area (Å²) in [6, 6.07) is 0. The Morgan fingerprint density at radius 2 is 0.400 bits per heavy atom. The molecule has 0 saturated heterocycles. The van der Waals surface area contributed by atoms with Gasteiger partial charge in [0.1, 0.15) is 0 Å². The molecule has 66 valence electrons. The van der Waals surface area contributed by atoms with Crippen LogP contribution in [0.2, 0.25) is 0 Å². The first-order valence-corrected chi connectivity index (χ1v) is 0. The van der Waals surface area contributed by atoms with Crippen LogP contribution >= 0.6 is 0 Å². The van der Waals surface area contributed by atoms with Crippen LogP contribution in [0, 0.1) is 0 Å². The van der Waals surface area contributed by atoms with E-state index in [4.69, 9.17) is 0 Å². The van der Waals surface area contributed by atoms with Crippen molar-refractivity contribution in [3.05, 3.63) is 0 Å². The van der Waals surface area contributed by atoms with Gasteiger partial charge in [0.25, 0.3) is 0 Å². The number of hydrogen-bond acceptors (Lipinski definition) is 0. The van der Waals surface area contributed by atoms with Gasteiger partial charge >= 0.3 is 23.9 Å². The molecule has 0 spiro atoms. The molecule has 0 aromatic rings. The van der Waals surface area contributed by atoms with E-state index >= 15 is 0 Å². The molecule has 12 N–H and O–H groups in total.